The van der Waals surface area contributed by atoms with Crippen molar-refractivity contribution in [3.63, 3.8) is 0 Å². The zero-order chi connectivity index (χ0) is 21.3. The van der Waals surface area contributed by atoms with Crippen molar-refractivity contribution in [3.8, 4) is 0 Å². The highest BCUT2D eigenvalue weighted by Crippen LogP contribution is 2.17. The van der Waals surface area contributed by atoms with Crippen LogP contribution < -0.4 is 10.6 Å². The second-order valence-electron chi connectivity index (χ2n) is 7.46. The highest BCUT2D eigenvalue weighted by molar-refractivity contribution is 5.95. The maximum Gasteiger partial charge on any atom is 0.320 e. The van der Waals surface area contributed by atoms with Crippen LogP contribution in [0.25, 0.3) is 0 Å². The van der Waals surface area contributed by atoms with Gasteiger partial charge in [0.25, 0.3) is 0 Å². The Morgan fingerprint density at radius 2 is 1.96 bits per heavy atom. The number of hydroxylamine groups is 2. The number of hydrogen-bond donors (Lipinski definition) is 3. The first-order valence-corrected chi connectivity index (χ1v) is 9.65. The molecule has 3 amide bonds. The van der Waals surface area contributed by atoms with Gasteiger partial charge in [0.2, 0.25) is 6.41 Å². The third kappa shape index (κ3) is 7.64. The molecule has 1 aromatic rings. The summed E-state index contributed by atoms with van der Waals surface area (Å²) in [5.74, 6) is -0.497. The van der Waals surface area contributed by atoms with Gasteiger partial charge in [0.05, 0.1) is 12.6 Å². The fraction of sp³-hybridized carbons (Fsp3) is 0.600. The molecule has 0 aliphatic heterocycles. The summed E-state index contributed by atoms with van der Waals surface area (Å²) in [7, 11) is 0. The molecule has 0 saturated heterocycles. The Kier molecular flexibility index (Phi) is 9.58. The van der Waals surface area contributed by atoms with Gasteiger partial charge in [0, 0.05) is 11.6 Å². The Hall–Kier alpha value is -2.48. The molecule has 0 aliphatic rings. The lowest BCUT2D eigenvalue weighted by Gasteiger charge is -2.27. The van der Waals surface area contributed by atoms with Crippen LogP contribution in [0.15, 0.2) is 12.1 Å². The molecule has 2 unspecified atom stereocenters. The summed E-state index contributed by atoms with van der Waals surface area (Å²) in [6, 6.07) is 2.38. The molecule has 1 rings (SSSR count). The van der Waals surface area contributed by atoms with Gasteiger partial charge in [-0.2, -0.15) is 0 Å². The van der Waals surface area contributed by atoms with Crippen LogP contribution in [-0.2, 0) is 9.59 Å². The van der Waals surface area contributed by atoms with E-state index in [4.69, 9.17) is 0 Å². The lowest BCUT2D eigenvalue weighted by atomic mass is 9.87. The number of unbranched alkanes of at least 4 members (excludes halogenated alkanes) is 1. The SMILES string of the molecule is CCCCC(CN(O)C=O)C(=O)C(NC(=O)Nc1cc(C)cc(C)n1)C(C)C. The number of carbonyl (C=O) groups is 3. The third-order valence-corrected chi connectivity index (χ3v) is 4.44. The van der Waals surface area contributed by atoms with E-state index in [9.17, 15) is 19.6 Å². The van der Waals surface area contributed by atoms with E-state index in [1.807, 2.05) is 40.7 Å². The quantitative estimate of drug-likeness (QED) is 0.304. The van der Waals surface area contributed by atoms with Gasteiger partial charge in [-0.05, 0) is 43.9 Å². The number of anilines is 1. The molecule has 0 spiro atoms. The maximum absolute atomic E-state index is 13.0. The zero-order valence-electron chi connectivity index (χ0n) is 17.4. The molecule has 0 aromatic carbocycles. The van der Waals surface area contributed by atoms with Gasteiger partial charge in [-0.25, -0.2) is 14.8 Å². The second-order valence-corrected chi connectivity index (χ2v) is 7.46. The Bertz CT molecular complexity index is 658. The summed E-state index contributed by atoms with van der Waals surface area (Å²) < 4.78 is 0. The Labute approximate surface area is 166 Å². The first-order valence-electron chi connectivity index (χ1n) is 9.65. The Morgan fingerprint density at radius 1 is 1.29 bits per heavy atom. The molecule has 0 saturated carbocycles. The highest BCUT2D eigenvalue weighted by Gasteiger charge is 2.31. The summed E-state index contributed by atoms with van der Waals surface area (Å²) in [6.07, 6.45) is 2.48. The number of nitrogens with zero attached hydrogens (tertiary/aromatic N) is 2. The van der Waals surface area contributed by atoms with E-state index >= 15 is 0 Å². The summed E-state index contributed by atoms with van der Waals surface area (Å²) in [4.78, 5) is 40.5. The van der Waals surface area contributed by atoms with Crippen molar-refractivity contribution >= 4 is 24.0 Å². The molecular formula is C20H32N4O4. The first kappa shape index (κ1) is 23.6. The van der Waals surface area contributed by atoms with Crippen LogP contribution in [0.4, 0.5) is 10.6 Å². The number of Topliss-reactive ketones (excluding diaryl/α,β-unsaturated/α-hetero) is 1. The molecule has 0 radical (unpaired) electrons. The van der Waals surface area contributed by atoms with Crippen molar-refractivity contribution in [2.24, 2.45) is 11.8 Å². The number of aryl methyl sites for hydroxylation is 2. The lowest BCUT2D eigenvalue weighted by Crippen LogP contribution is -2.50. The predicted molar refractivity (Wildman–Crippen MR) is 107 cm³/mol. The smallest absolute Gasteiger partial charge is 0.320 e. The summed E-state index contributed by atoms with van der Waals surface area (Å²) >= 11 is 0. The van der Waals surface area contributed by atoms with Crippen molar-refractivity contribution in [2.45, 2.75) is 59.9 Å². The monoisotopic (exact) mass is 392 g/mol. The predicted octanol–water partition coefficient (Wildman–Crippen LogP) is 3.07. The average molecular weight is 393 g/mol. The van der Waals surface area contributed by atoms with Crippen LogP contribution in [0.2, 0.25) is 0 Å². The normalized spacial score (nSPS) is 13.0. The van der Waals surface area contributed by atoms with Gasteiger partial charge in [-0.1, -0.05) is 33.6 Å². The van der Waals surface area contributed by atoms with Crippen molar-refractivity contribution < 1.29 is 19.6 Å². The van der Waals surface area contributed by atoms with E-state index in [0.29, 0.717) is 17.3 Å². The number of pyridine rings is 1. The summed E-state index contributed by atoms with van der Waals surface area (Å²) in [6.45, 7) is 9.33. The molecule has 0 bridgehead atoms. The molecule has 8 heteroatoms. The lowest BCUT2D eigenvalue weighted by molar-refractivity contribution is -0.154. The molecule has 0 fully saturated rings. The minimum absolute atomic E-state index is 0.0898. The highest BCUT2D eigenvalue weighted by atomic mass is 16.5. The molecule has 156 valence electrons. The van der Waals surface area contributed by atoms with E-state index in [-0.39, 0.29) is 24.7 Å². The van der Waals surface area contributed by atoms with Crippen molar-refractivity contribution in [1.29, 1.82) is 0 Å². The Morgan fingerprint density at radius 3 is 2.50 bits per heavy atom. The third-order valence-electron chi connectivity index (χ3n) is 4.44. The molecule has 28 heavy (non-hydrogen) atoms. The van der Waals surface area contributed by atoms with Crippen LogP contribution >= 0.6 is 0 Å². The van der Waals surface area contributed by atoms with Gasteiger partial charge in [0.15, 0.2) is 5.78 Å². The standard InChI is InChI=1S/C20H32N4O4/c1-6-7-8-16(11-24(28)12-25)19(26)18(13(2)3)23-20(27)22-17-10-14(4)9-15(5)21-17/h9-10,12-13,16,18,28H,6-8,11H2,1-5H3,(H2,21,22,23,27). The van der Waals surface area contributed by atoms with E-state index in [1.54, 1.807) is 6.07 Å². The van der Waals surface area contributed by atoms with E-state index in [1.165, 1.54) is 0 Å². The van der Waals surface area contributed by atoms with E-state index in [0.717, 1.165) is 24.1 Å². The fourth-order valence-corrected chi connectivity index (χ4v) is 3.06. The molecular weight excluding hydrogens is 360 g/mol. The van der Waals surface area contributed by atoms with Gasteiger partial charge in [0.1, 0.15) is 5.82 Å². The molecule has 8 nitrogen and oxygen atoms in total. The number of rotatable bonds is 11. The number of nitrogens with one attached hydrogen (secondary N) is 2. The number of hydrogen-bond acceptors (Lipinski definition) is 5. The molecule has 3 N–H and O–H groups in total. The summed E-state index contributed by atoms with van der Waals surface area (Å²) in [5.41, 5.74) is 1.75. The van der Waals surface area contributed by atoms with Crippen molar-refractivity contribution in [3.05, 3.63) is 23.4 Å². The van der Waals surface area contributed by atoms with Gasteiger partial charge < -0.3 is 5.32 Å². The average Bonchev–Trinajstić information content (AvgIpc) is 2.61. The number of urea groups is 1. The van der Waals surface area contributed by atoms with Crippen molar-refractivity contribution in [1.82, 2.24) is 15.4 Å². The fourth-order valence-electron chi connectivity index (χ4n) is 3.06. The van der Waals surface area contributed by atoms with Gasteiger partial charge in [-0.3, -0.25) is 20.1 Å². The Balaban J connectivity index is 2.89. The minimum atomic E-state index is -0.743. The number of aromatic nitrogens is 1. The first-order chi connectivity index (χ1) is 13.2. The number of ketones is 1. The van der Waals surface area contributed by atoms with Crippen LogP contribution in [0, 0.1) is 25.7 Å². The van der Waals surface area contributed by atoms with Crippen LogP contribution in [0.5, 0.6) is 0 Å². The van der Waals surface area contributed by atoms with E-state index in [2.05, 4.69) is 15.6 Å². The van der Waals surface area contributed by atoms with Gasteiger partial charge in [-0.15, -0.1) is 0 Å². The number of amides is 3. The van der Waals surface area contributed by atoms with Gasteiger partial charge >= 0.3 is 6.03 Å². The van der Waals surface area contributed by atoms with Crippen LogP contribution in [0.1, 0.15) is 51.3 Å². The second kappa shape index (κ2) is 11.4. The summed E-state index contributed by atoms with van der Waals surface area (Å²) in [5, 5.41) is 15.4. The number of carbonyl (C=O) groups excluding carboxylic acids is 3. The maximum atomic E-state index is 13.0. The van der Waals surface area contributed by atoms with Crippen LogP contribution in [-0.4, -0.2) is 46.1 Å². The minimum Gasteiger partial charge on any atom is -0.328 e. The molecule has 1 aromatic heterocycles. The molecule has 1 heterocycles. The van der Waals surface area contributed by atoms with E-state index < -0.39 is 18.0 Å². The van der Waals surface area contributed by atoms with Crippen molar-refractivity contribution in [2.75, 3.05) is 11.9 Å². The topological polar surface area (TPSA) is 112 Å². The largest absolute Gasteiger partial charge is 0.328 e. The molecule has 2 atom stereocenters. The van der Waals surface area contributed by atoms with Crippen LogP contribution in [0.3, 0.4) is 0 Å². The molecule has 0 aliphatic carbocycles. The zero-order valence-corrected chi connectivity index (χ0v) is 17.4.